The smallest absolute Gasteiger partial charge is 0.143 e. The Morgan fingerprint density at radius 3 is 2.68 bits per heavy atom. The van der Waals surface area contributed by atoms with E-state index >= 15 is 0 Å². The van der Waals surface area contributed by atoms with E-state index in [1.807, 2.05) is 36.4 Å². The Morgan fingerprint density at radius 1 is 0.909 bits per heavy atom. The summed E-state index contributed by atoms with van der Waals surface area (Å²) in [7, 11) is 0. The molecular weight excluding hydrogens is 270 g/mol. The Labute approximate surface area is 128 Å². The molecule has 0 amide bonds. The maximum Gasteiger partial charge on any atom is 0.143 e. The molecule has 4 rings (SSSR count). The third-order valence-corrected chi connectivity index (χ3v) is 3.71. The Hall–Kier alpha value is -3.12. The maximum absolute atomic E-state index is 4.16. The molecule has 0 N–H and O–H groups in total. The summed E-state index contributed by atoms with van der Waals surface area (Å²) in [6, 6.07) is 18.4. The highest BCUT2D eigenvalue weighted by molar-refractivity contribution is 5.85. The molecule has 0 aliphatic rings. The first-order valence-corrected chi connectivity index (χ1v) is 7.15. The second kappa shape index (κ2) is 5.34. The normalized spacial score (nSPS) is 10.5. The summed E-state index contributed by atoms with van der Waals surface area (Å²) in [4.78, 5) is 0. The molecule has 2 heterocycles. The maximum atomic E-state index is 4.16. The average Bonchev–Trinajstić information content (AvgIpc) is 2.99. The molecule has 3 nitrogen and oxygen atoms in total. The molecule has 0 saturated carbocycles. The molecule has 0 atom stereocenters. The number of nitrogens with zero attached hydrogens (tertiary/aromatic N) is 3. The van der Waals surface area contributed by atoms with E-state index in [0.29, 0.717) is 6.54 Å². The van der Waals surface area contributed by atoms with Crippen LogP contribution in [0.25, 0.3) is 21.7 Å². The molecule has 0 aliphatic heterocycles. The summed E-state index contributed by atoms with van der Waals surface area (Å²) >= 11 is 0. The predicted octanol–water partition coefficient (Wildman–Crippen LogP) is 3.64. The zero-order valence-electron chi connectivity index (χ0n) is 11.9. The van der Waals surface area contributed by atoms with E-state index in [4.69, 9.17) is 0 Å². The highest BCUT2D eigenvalue weighted by Gasteiger charge is 2.00. The Balaban J connectivity index is 1.68. The molecule has 0 bridgehead atoms. The van der Waals surface area contributed by atoms with Gasteiger partial charge in [-0.2, -0.15) is 5.10 Å². The van der Waals surface area contributed by atoms with Crippen LogP contribution in [-0.4, -0.2) is 14.8 Å². The number of hydrogen-bond acceptors (Lipinski definition) is 2. The van der Waals surface area contributed by atoms with Crippen LogP contribution < -0.4 is 0 Å². The minimum Gasteiger partial charge on any atom is -0.336 e. The molecule has 0 fully saturated rings. The molecule has 0 saturated heterocycles. The first-order chi connectivity index (χ1) is 10.9. The van der Waals surface area contributed by atoms with Crippen LogP contribution in [0.2, 0.25) is 0 Å². The van der Waals surface area contributed by atoms with Gasteiger partial charge in [0.15, 0.2) is 0 Å². The monoisotopic (exact) mass is 283 g/mol. The van der Waals surface area contributed by atoms with Gasteiger partial charge in [-0.3, -0.25) is 0 Å². The molecule has 22 heavy (non-hydrogen) atoms. The van der Waals surface area contributed by atoms with Crippen molar-refractivity contribution in [3.8, 4) is 11.8 Å². The first kappa shape index (κ1) is 12.6. The van der Waals surface area contributed by atoms with Gasteiger partial charge in [-0.15, -0.1) is 5.10 Å². The van der Waals surface area contributed by atoms with Crippen LogP contribution in [-0.2, 0) is 6.54 Å². The summed E-state index contributed by atoms with van der Waals surface area (Å²) < 4.78 is 2.14. The fourth-order valence-corrected chi connectivity index (χ4v) is 2.61. The Kier molecular flexibility index (Phi) is 3.06. The number of benzene rings is 2. The van der Waals surface area contributed by atoms with Gasteiger partial charge in [0.25, 0.3) is 0 Å². The van der Waals surface area contributed by atoms with Crippen molar-refractivity contribution in [2.75, 3.05) is 0 Å². The van der Waals surface area contributed by atoms with Crippen LogP contribution in [0.15, 0.2) is 67.0 Å². The standard InChI is InChI=1S/C19H13N3/c1-3-8-17-16(7-1)14-20-21-18(17)9-5-12-22-13-11-15-6-2-4-10-19(15)22/h1-4,6-8,10-11,13-14H,12H2. The van der Waals surface area contributed by atoms with Crippen molar-refractivity contribution in [2.45, 2.75) is 6.54 Å². The van der Waals surface area contributed by atoms with Crippen molar-refractivity contribution in [3.63, 3.8) is 0 Å². The largest absolute Gasteiger partial charge is 0.336 e. The lowest BCUT2D eigenvalue weighted by Gasteiger charge is -1.99. The van der Waals surface area contributed by atoms with Gasteiger partial charge >= 0.3 is 0 Å². The van der Waals surface area contributed by atoms with E-state index in [9.17, 15) is 0 Å². The van der Waals surface area contributed by atoms with E-state index in [2.05, 4.69) is 51.0 Å². The SMILES string of the molecule is C(#Cc1nncc2ccccc12)Cn1ccc2ccccc21. The summed E-state index contributed by atoms with van der Waals surface area (Å²) in [5.41, 5.74) is 1.93. The molecule has 4 aromatic rings. The molecule has 2 aromatic carbocycles. The summed E-state index contributed by atoms with van der Waals surface area (Å²) in [6.07, 6.45) is 3.83. The Bertz CT molecular complexity index is 1010. The second-order valence-corrected chi connectivity index (χ2v) is 5.08. The van der Waals surface area contributed by atoms with Crippen LogP contribution in [0.5, 0.6) is 0 Å². The van der Waals surface area contributed by atoms with Crippen molar-refractivity contribution in [3.05, 3.63) is 72.7 Å². The molecule has 0 aliphatic carbocycles. The van der Waals surface area contributed by atoms with Gasteiger partial charge in [0.05, 0.1) is 12.7 Å². The van der Waals surface area contributed by atoms with Gasteiger partial charge in [-0.1, -0.05) is 48.4 Å². The van der Waals surface area contributed by atoms with Gasteiger partial charge in [-0.25, -0.2) is 0 Å². The lowest BCUT2D eigenvalue weighted by molar-refractivity contribution is 0.885. The quantitative estimate of drug-likeness (QED) is 0.499. The molecule has 3 heteroatoms. The summed E-state index contributed by atoms with van der Waals surface area (Å²) in [5, 5.41) is 11.5. The van der Waals surface area contributed by atoms with Crippen LogP contribution in [0.1, 0.15) is 5.69 Å². The number of fused-ring (bicyclic) bond motifs is 2. The number of rotatable bonds is 1. The van der Waals surface area contributed by atoms with Crippen molar-refractivity contribution < 1.29 is 0 Å². The van der Waals surface area contributed by atoms with Crippen molar-refractivity contribution in [1.29, 1.82) is 0 Å². The highest BCUT2D eigenvalue weighted by atomic mass is 15.1. The fourth-order valence-electron chi connectivity index (χ4n) is 2.61. The number of aromatic nitrogens is 3. The van der Waals surface area contributed by atoms with Crippen molar-refractivity contribution in [1.82, 2.24) is 14.8 Å². The molecule has 104 valence electrons. The predicted molar refractivity (Wildman–Crippen MR) is 88.4 cm³/mol. The van der Waals surface area contributed by atoms with Crippen molar-refractivity contribution >= 4 is 21.7 Å². The number of hydrogen-bond donors (Lipinski definition) is 0. The van der Waals surface area contributed by atoms with Gasteiger partial charge in [0.2, 0.25) is 0 Å². The lowest BCUT2D eigenvalue weighted by atomic mass is 10.1. The van der Waals surface area contributed by atoms with Gasteiger partial charge in [-0.05, 0) is 23.4 Å². The van der Waals surface area contributed by atoms with Crippen LogP contribution in [0.3, 0.4) is 0 Å². The van der Waals surface area contributed by atoms with Gasteiger partial charge in [0.1, 0.15) is 5.69 Å². The van der Waals surface area contributed by atoms with Crippen LogP contribution in [0.4, 0.5) is 0 Å². The summed E-state index contributed by atoms with van der Waals surface area (Å²) in [6.45, 7) is 0.637. The zero-order valence-corrected chi connectivity index (χ0v) is 11.9. The Morgan fingerprint density at radius 2 is 1.73 bits per heavy atom. The minimum atomic E-state index is 0.637. The minimum absolute atomic E-state index is 0.637. The third kappa shape index (κ3) is 2.21. The molecule has 2 aromatic heterocycles. The van der Waals surface area contributed by atoms with Crippen LogP contribution >= 0.6 is 0 Å². The molecule has 0 unspecified atom stereocenters. The lowest BCUT2D eigenvalue weighted by Crippen LogP contribution is -1.94. The van der Waals surface area contributed by atoms with E-state index in [0.717, 1.165) is 16.5 Å². The second-order valence-electron chi connectivity index (χ2n) is 5.08. The summed E-state index contributed by atoms with van der Waals surface area (Å²) in [5.74, 6) is 6.35. The van der Waals surface area contributed by atoms with E-state index in [1.54, 1.807) is 6.20 Å². The average molecular weight is 283 g/mol. The number of para-hydroxylation sites is 1. The topological polar surface area (TPSA) is 30.7 Å². The van der Waals surface area contributed by atoms with E-state index in [-0.39, 0.29) is 0 Å². The zero-order chi connectivity index (χ0) is 14.8. The molecule has 0 spiro atoms. The van der Waals surface area contributed by atoms with E-state index < -0.39 is 0 Å². The highest BCUT2D eigenvalue weighted by Crippen LogP contribution is 2.15. The molecule has 0 radical (unpaired) electrons. The fraction of sp³-hybridized carbons (Fsp3) is 0.0526. The first-order valence-electron chi connectivity index (χ1n) is 7.15. The van der Waals surface area contributed by atoms with E-state index in [1.165, 1.54) is 10.9 Å². The van der Waals surface area contributed by atoms with Crippen LogP contribution in [0, 0.1) is 11.8 Å². The van der Waals surface area contributed by atoms with Crippen molar-refractivity contribution in [2.24, 2.45) is 0 Å². The molecular formula is C19H13N3. The third-order valence-electron chi connectivity index (χ3n) is 3.71. The van der Waals surface area contributed by atoms with Gasteiger partial charge < -0.3 is 4.57 Å². The van der Waals surface area contributed by atoms with Gasteiger partial charge in [0, 0.05) is 22.5 Å².